The van der Waals surface area contributed by atoms with Gasteiger partial charge in [0.15, 0.2) is 0 Å². The Kier molecular flexibility index (Phi) is 5.43. The van der Waals surface area contributed by atoms with Crippen molar-refractivity contribution >= 4 is 38.5 Å². The van der Waals surface area contributed by atoms with Gasteiger partial charge in [-0.15, -0.1) is 0 Å². The SMILES string of the molecule is CCOC(=O)c1cnc2ccc(Br)cc2c1NC1CCN(C)CC1(F)F. The number of fused-ring (bicyclic) bond motifs is 1. The number of nitrogens with zero attached hydrogens (tertiary/aromatic N) is 2. The van der Waals surface area contributed by atoms with E-state index < -0.39 is 17.9 Å². The summed E-state index contributed by atoms with van der Waals surface area (Å²) in [4.78, 5) is 18.2. The molecule has 1 fully saturated rings. The van der Waals surface area contributed by atoms with Crippen molar-refractivity contribution in [2.45, 2.75) is 25.3 Å². The molecule has 0 radical (unpaired) electrons. The van der Waals surface area contributed by atoms with Gasteiger partial charge in [0.25, 0.3) is 5.92 Å². The number of carbonyl (C=O) groups excluding carboxylic acids is 1. The molecule has 1 aromatic carbocycles. The minimum absolute atomic E-state index is 0.159. The second-order valence-electron chi connectivity index (χ2n) is 6.41. The van der Waals surface area contributed by atoms with Crippen LogP contribution in [0.1, 0.15) is 23.7 Å². The first kappa shape index (κ1) is 19.0. The third kappa shape index (κ3) is 3.81. The number of piperidine rings is 1. The van der Waals surface area contributed by atoms with E-state index in [9.17, 15) is 13.6 Å². The van der Waals surface area contributed by atoms with Crippen LogP contribution in [0.15, 0.2) is 28.9 Å². The van der Waals surface area contributed by atoms with Crippen LogP contribution >= 0.6 is 15.9 Å². The lowest BCUT2D eigenvalue weighted by Crippen LogP contribution is -2.53. The molecule has 1 saturated heterocycles. The quantitative estimate of drug-likeness (QED) is 0.749. The molecule has 8 heteroatoms. The molecular formula is C18H20BrF2N3O2. The topological polar surface area (TPSA) is 54.5 Å². The van der Waals surface area contributed by atoms with E-state index in [0.717, 1.165) is 4.47 Å². The van der Waals surface area contributed by atoms with Crippen LogP contribution in [0, 0.1) is 0 Å². The molecule has 2 heterocycles. The van der Waals surface area contributed by atoms with Crippen molar-refractivity contribution in [1.29, 1.82) is 0 Å². The Morgan fingerprint density at radius 1 is 1.50 bits per heavy atom. The maximum atomic E-state index is 14.5. The maximum Gasteiger partial charge on any atom is 0.341 e. The van der Waals surface area contributed by atoms with Crippen LogP contribution in [0.25, 0.3) is 10.9 Å². The standard InChI is InChI=1S/C18H20BrF2N3O2/c1-3-26-17(25)13-9-22-14-5-4-11(19)8-12(14)16(13)23-15-6-7-24(2)10-18(15,20)21/h4-5,8-9,15H,3,6-7,10H2,1-2H3,(H,22,23). The number of rotatable bonds is 4. The Bertz CT molecular complexity index is 831. The van der Waals surface area contributed by atoms with Crippen LogP contribution in [-0.4, -0.2) is 54.6 Å². The van der Waals surface area contributed by atoms with Crippen molar-refractivity contribution in [2.24, 2.45) is 0 Å². The van der Waals surface area contributed by atoms with Crippen molar-refractivity contribution in [1.82, 2.24) is 9.88 Å². The van der Waals surface area contributed by atoms with Gasteiger partial charge in [0.1, 0.15) is 5.56 Å². The van der Waals surface area contributed by atoms with Gasteiger partial charge >= 0.3 is 5.97 Å². The number of anilines is 1. The number of benzene rings is 1. The van der Waals surface area contributed by atoms with Crippen LogP contribution in [-0.2, 0) is 4.74 Å². The lowest BCUT2D eigenvalue weighted by Gasteiger charge is -2.37. The van der Waals surface area contributed by atoms with E-state index in [1.54, 1.807) is 31.0 Å². The number of halogens is 3. The normalized spacial score (nSPS) is 20.1. The smallest absolute Gasteiger partial charge is 0.341 e. The molecular weight excluding hydrogens is 408 g/mol. The molecule has 0 amide bonds. The van der Waals surface area contributed by atoms with Gasteiger partial charge in [-0.3, -0.25) is 4.98 Å². The van der Waals surface area contributed by atoms with Crippen molar-refractivity contribution in [2.75, 3.05) is 32.1 Å². The average Bonchev–Trinajstić information content (AvgIpc) is 2.57. The number of ether oxygens (including phenoxy) is 1. The number of hydrogen-bond donors (Lipinski definition) is 1. The van der Waals surface area contributed by atoms with Crippen molar-refractivity contribution < 1.29 is 18.3 Å². The van der Waals surface area contributed by atoms with Crippen molar-refractivity contribution in [3.05, 3.63) is 34.4 Å². The summed E-state index contributed by atoms with van der Waals surface area (Å²) in [5.41, 5.74) is 1.11. The molecule has 1 aliphatic heterocycles. The number of carbonyl (C=O) groups is 1. The number of alkyl halides is 2. The van der Waals surface area contributed by atoms with Crippen LogP contribution in [0.2, 0.25) is 0 Å². The average molecular weight is 428 g/mol. The molecule has 26 heavy (non-hydrogen) atoms. The van der Waals surface area contributed by atoms with E-state index in [1.165, 1.54) is 6.20 Å². The molecule has 0 saturated carbocycles. The maximum absolute atomic E-state index is 14.5. The summed E-state index contributed by atoms with van der Waals surface area (Å²) >= 11 is 3.39. The number of hydrogen-bond acceptors (Lipinski definition) is 5. The molecule has 0 spiro atoms. The second-order valence-corrected chi connectivity index (χ2v) is 7.33. The predicted octanol–water partition coefficient (Wildman–Crippen LogP) is 3.93. The third-order valence-corrected chi connectivity index (χ3v) is 4.93. The highest BCUT2D eigenvalue weighted by molar-refractivity contribution is 9.10. The fourth-order valence-electron chi connectivity index (χ4n) is 3.15. The zero-order valence-corrected chi connectivity index (χ0v) is 16.1. The molecule has 0 aliphatic carbocycles. The molecule has 1 aromatic heterocycles. The summed E-state index contributed by atoms with van der Waals surface area (Å²) in [6, 6.07) is 4.27. The van der Waals surface area contributed by atoms with E-state index in [0.29, 0.717) is 23.1 Å². The summed E-state index contributed by atoms with van der Waals surface area (Å²) in [5.74, 6) is -3.50. The van der Waals surface area contributed by atoms with Crippen LogP contribution in [0.5, 0.6) is 0 Å². The fraction of sp³-hybridized carbons (Fsp3) is 0.444. The van der Waals surface area contributed by atoms with Gasteiger partial charge in [0, 0.05) is 22.6 Å². The monoisotopic (exact) mass is 427 g/mol. The predicted molar refractivity (Wildman–Crippen MR) is 99.9 cm³/mol. The molecule has 1 unspecified atom stereocenters. The number of aromatic nitrogens is 1. The summed E-state index contributed by atoms with van der Waals surface area (Å²) in [6.07, 6.45) is 1.65. The fourth-order valence-corrected chi connectivity index (χ4v) is 3.51. The van der Waals surface area contributed by atoms with Crippen LogP contribution in [0.3, 0.4) is 0 Å². The summed E-state index contributed by atoms with van der Waals surface area (Å²) in [6.45, 7) is 2.11. The van der Waals surface area contributed by atoms with Gasteiger partial charge < -0.3 is 15.0 Å². The Morgan fingerprint density at radius 2 is 2.27 bits per heavy atom. The molecule has 2 aromatic rings. The molecule has 140 valence electrons. The highest BCUT2D eigenvalue weighted by atomic mass is 79.9. The summed E-state index contributed by atoms with van der Waals surface area (Å²) in [5, 5.41) is 3.53. The van der Waals surface area contributed by atoms with Crippen LogP contribution < -0.4 is 5.32 Å². The molecule has 3 rings (SSSR count). The first-order chi connectivity index (χ1) is 12.3. The zero-order chi connectivity index (χ0) is 18.9. The number of nitrogens with one attached hydrogen (secondary N) is 1. The Labute approximate surface area is 158 Å². The van der Waals surface area contributed by atoms with E-state index in [4.69, 9.17) is 4.74 Å². The number of pyridine rings is 1. The van der Waals surface area contributed by atoms with E-state index >= 15 is 0 Å². The zero-order valence-electron chi connectivity index (χ0n) is 14.6. The largest absolute Gasteiger partial charge is 0.462 e. The van der Waals surface area contributed by atoms with Crippen LogP contribution in [0.4, 0.5) is 14.5 Å². The van der Waals surface area contributed by atoms with Crippen molar-refractivity contribution in [3.63, 3.8) is 0 Å². The van der Waals surface area contributed by atoms with Gasteiger partial charge in [-0.1, -0.05) is 15.9 Å². The first-order valence-corrected chi connectivity index (χ1v) is 9.19. The molecule has 5 nitrogen and oxygen atoms in total. The van der Waals surface area contributed by atoms with E-state index in [2.05, 4.69) is 26.2 Å². The van der Waals surface area contributed by atoms with Gasteiger partial charge in [0.05, 0.1) is 30.4 Å². The van der Waals surface area contributed by atoms with E-state index in [-0.39, 0.29) is 25.1 Å². The molecule has 1 atom stereocenters. The second kappa shape index (κ2) is 7.44. The minimum atomic E-state index is -2.92. The highest BCUT2D eigenvalue weighted by Gasteiger charge is 2.44. The summed E-state index contributed by atoms with van der Waals surface area (Å²) < 4.78 is 34.9. The Morgan fingerprint density at radius 3 is 2.96 bits per heavy atom. The molecule has 1 aliphatic rings. The lowest BCUT2D eigenvalue weighted by molar-refractivity contribution is -0.0673. The van der Waals surface area contributed by atoms with Gasteiger partial charge in [-0.2, -0.15) is 0 Å². The molecule has 1 N–H and O–H groups in total. The number of esters is 1. The Hall–Kier alpha value is -1.80. The summed E-state index contributed by atoms with van der Waals surface area (Å²) in [7, 11) is 1.67. The third-order valence-electron chi connectivity index (χ3n) is 4.43. The first-order valence-electron chi connectivity index (χ1n) is 8.40. The highest BCUT2D eigenvalue weighted by Crippen LogP contribution is 2.34. The van der Waals surface area contributed by atoms with Crippen molar-refractivity contribution in [3.8, 4) is 0 Å². The minimum Gasteiger partial charge on any atom is -0.462 e. The molecule has 0 bridgehead atoms. The van der Waals surface area contributed by atoms with Gasteiger partial charge in [0.2, 0.25) is 0 Å². The number of likely N-dealkylation sites (tertiary alicyclic amines) is 1. The van der Waals surface area contributed by atoms with E-state index in [1.807, 2.05) is 6.07 Å². The lowest BCUT2D eigenvalue weighted by atomic mass is 9.99. The van der Waals surface area contributed by atoms with Gasteiger partial charge in [-0.05, 0) is 38.6 Å². The Balaban J connectivity index is 2.07. The van der Waals surface area contributed by atoms with Gasteiger partial charge in [-0.25, -0.2) is 13.6 Å².